The fourth-order valence-electron chi connectivity index (χ4n) is 4.63. The van der Waals surface area contributed by atoms with Crippen molar-refractivity contribution in [3.8, 4) is 6.07 Å². The number of fused-ring (bicyclic) bond motifs is 1. The van der Waals surface area contributed by atoms with Crippen LogP contribution in [0.15, 0.2) is 76.6 Å². The van der Waals surface area contributed by atoms with Crippen LogP contribution in [0.2, 0.25) is 5.02 Å². The quantitative estimate of drug-likeness (QED) is 0.372. The first-order valence-corrected chi connectivity index (χ1v) is 13.6. The molecule has 3 amide bonds. The van der Waals surface area contributed by atoms with Crippen LogP contribution in [-0.4, -0.2) is 29.4 Å². The van der Waals surface area contributed by atoms with Gasteiger partial charge >= 0.3 is 12.0 Å². The van der Waals surface area contributed by atoms with Gasteiger partial charge in [0.1, 0.15) is 12.5 Å². The van der Waals surface area contributed by atoms with E-state index in [-0.39, 0.29) is 12.5 Å². The molecule has 0 fully saturated rings. The molecule has 0 saturated carbocycles. The molecular weight excluding hydrogens is 536 g/mol. The Balaban J connectivity index is 1.45. The number of ether oxygens (including phenoxy) is 1. The van der Waals surface area contributed by atoms with Crippen LogP contribution in [0.4, 0.5) is 10.5 Å². The first kappa shape index (κ1) is 26.5. The Labute approximate surface area is 234 Å². The number of thioether (sulfide) groups is 1. The summed E-state index contributed by atoms with van der Waals surface area (Å²) in [6.07, 6.45) is 0.790. The number of rotatable bonds is 7. The highest BCUT2D eigenvalue weighted by molar-refractivity contribution is 8.00. The third-order valence-electron chi connectivity index (χ3n) is 6.51. The van der Waals surface area contributed by atoms with Gasteiger partial charge in [-0.1, -0.05) is 48.0 Å². The Morgan fingerprint density at radius 3 is 2.77 bits per heavy atom. The molecule has 0 aliphatic carbocycles. The van der Waals surface area contributed by atoms with Gasteiger partial charge in [0.25, 0.3) is 0 Å². The number of esters is 1. The third-order valence-corrected chi connectivity index (χ3v) is 7.95. The van der Waals surface area contributed by atoms with Gasteiger partial charge in [-0.2, -0.15) is 5.26 Å². The summed E-state index contributed by atoms with van der Waals surface area (Å²) in [4.78, 5) is 43.4. The molecule has 2 atom stereocenters. The van der Waals surface area contributed by atoms with E-state index < -0.39 is 24.0 Å². The molecule has 2 N–H and O–H groups in total. The van der Waals surface area contributed by atoms with Gasteiger partial charge in [0.15, 0.2) is 0 Å². The monoisotopic (exact) mass is 558 g/mol. The maximum Gasteiger partial charge on any atom is 0.341 e. The van der Waals surface area contributed by atoms with E-state index in [2.05, 4.69) is 21.7 Å². The van der Waals surface area contributed by atoms with Crippen molar-refractivity contribution >= 4 is 52.7 Å². The molecule has 2 aliphatic heterocycles. The minimum Gasteiger partial charge on any atom is -0.460 e. The highest BCUT2D eigenvalue weighted by Crippen LogP contribution is 2.37. The van der Waals surface area contributed by atoms with Crippen molar-refractivity contribution in [3.05, 3.63) is 94.0 Å². The largest absolute Gasteiger partial charge is 0.460 e. The lowest BCUT2D eigenvalue weighted by Crippen LogP contribution is -2.45. The zero-order valence-corrected chi connectivity index (χ0v) is 22.2. The molecule has 0 spiro atoms. The predicted molar refractivity (Wildman–Crippen MR) is 149 cm³/mol. The Hall–Kier alpha value is -4.13. The zero-order valence-electron chi connectivity index (χ0n) is 20.6. The maximum atomic E-state index is 13.6. The lowest BCUT2D eigenvalue weighted by Gasteiger charge is -2.32. The molecule has 0 bridgehead atoms. The second-order valence-corrected chi connectivity index (χ2v) is 10.5. The van der Waals surface area contributed by atoms with E-state index in [9.17, 15) is 19.6 Å². The number of hydrogen-bond donors (Lipinski definition) is 2. The summed E-state index contributed by atoms with van der Waals surface area (Å²) >= 11 is 7.77. The highest BCUT2D eigenvalue weighted by Gasteiger charge is 2.40. The fourth-order valence-corrected chi connectivity index (χ4v) is 5.65. The number of carbonyl (C=O) groups excluding carboxylic acids is 3. The van der Waals surface area contributed by atoms with Crippen LogP contribution in [-0.2, 0) is 27.4 Å². The smallest absolute Gasteiger partial charge is 0.341 e. The van der Waals surface area contributed by atoms with Crippen molar-refractivity contribution in [2.45, 2.75) is 30.4 Å². The van der Waals surface area contributed by atoms with Crippen LogP contribution < -0.4 is 10.6 Å². The molecule has 3 aromatic carbocycles. The Morgan fingerprint density at radius 1 is 1.10 bits per heavy atom. The number of nitrogens with one attached hydrogen (secondary N) is 2. The number of hydrogen-bond acceptors (Lipinski definition) is 6. The van der Waals surface area contributed by atoms with Crippen molar-refractivity contribution in [2.24, 2.45) is 10.9 Å². The lowest BCUT2D eigenvalue weighted by atomic mass is 9.85. The van der Waals surface area contributed by atoms with Gasteiger partial charge in [-0.3, -0.25) is 9.59 Å². The summed E-state index contributed by atoms with van der Waals surface area (Å²) < 4.78 is 5.71. The number of urea groups is 1. The number of halogens is 1. The van der Waals surface area contributed by atoms with E-state index in [1.165, 1.54) is 11.8 Å². The maximum absolute atomic E-state index is 13.6. The molecule has 5 rings (SSSR count). The van der Waals surface area contributed by atoms with Crippen LogP contribution in [0.5, 0.6) is 0 Å². The second kappa shape index (κ2) is 11.7. The number of amides is 3. The van der Waals surface area contributed by atoms with E-state index in [0.717, 1.165) is 10.5 Å². The SMILES string of the molecule is N#Cc1cccc(COC(=O)C2C(CCc3ccccc3Cl)=NC(=O)NC2c2ccc3c(c2)NC(=O)CS3)c1. The van der Waals surface area contributed by atoms with Gasteiger partial charge in [-0.05, 0) is 59.9 Å². The fraction of sp³-hybridized carbons (Fsp3) is 0.207. The van der Waals surface area contributed by atoms with Crippen molar-refractivity contribution in [2.75, 3.05) is 11.1 Å². The first-order chi connectivity index (χ1) is 18.9. The van der Waals surface area contributed by atoms with Crippen LogP contribution in [0.1, 0.15) is 34.7 Å². The standard InChI is InChI=1S/C29H23ClN4O4S/c30-21-7-2-1-6-19(21)8-10-22-26(28(36)38-15-18-5-3-4-17(12-18)14-31)27(34-29(37)33-22)20-9-11-24-23(13-20)32-25(35)16-39-24/h1-7,9,11-13,26-27H,8,10,15-16H2,(H,32,35)(H,34,37). The number of aryl methyl sites for hydroxylation is 1. The minimum atomic E-state index is -0.908. The Kier molecular flexibility index (Phi) is 7.96. The van der Waals surface area contributed by atoms with Crippen LogP contribution in [0, 0.1) is 17.2 Å². The average Bonchev–Trinajstić information content (AvgIpc) is 2.94. The number of carbonyl (C=O) groups is 3. The lowest BCUT2D eigenvalue weighted by molar-refractivity contribution is -0.148. The molecule has 0 aromatic heterocycles. The van der Waals surface area contributed by atoms with Crippen LogP contribution >= 0.6 is 23.4 Å². The summed E-state index contributed by atoms with van der Waals surface area (Å²) in [6.45, 7) is -0.0415. The number of aliphatic imine (C=N–C) groups is 1. The van der Waals surface area contributed by atoms with E-state index in [4.69, 9.17) is 16.3 Å². The molecule has 0 radical (unpaired) electrons. The summed E-state index contributed by atoms with van der Waals surface area (Å²) in [5, 5.41) is 15.5. The summed E-state index contributed by atoms with van der Waals surface area (Å²) in [5.74, 6) is -1.26. The van der Waals surface area contributed by atoms with Gasteiger partial charge in [0.2, 0.25) is 5.91 Å². The molecule has 2 unspecified atom stereocenters. The van der Waals surface area contributed by atoms with Crippen molar-refractivity contribution in [3.63, 3.8) is 0 Å². The van der Waals surface area contributed by atoms with Crippen LogP contribution in [0.3, 0.4) is 0 Å². The summed E-state index contributed by atoms with van der Waals surface area (Å²) in [6, 6.07) is 20.4. The Bertz CT molecular complexity index is 1530. The molecule has 196 valence electrons. The topological polar surface area (TPSA) is 121 Å². The van der Waals surface area contributed by atoms with Crippen molar-refractivity contribution in [1.82, 2.24) is 5.32 Å². The summed E-state index contributed by atoms with van der Waals surface area (Å²) in [5.41, 5.74) is 3.66. The molecule has 2 heterocycles. The molecule has 0 saturated heterocycles. The number of nitrogens with zero attached hydrogens (tertiary/aromatic N) is 2. The molecule has 39 heavy (non-hydrogen) atoms. The molecule has 10 heteroatoms. The zero-order chi connectivity index (χ0) is 27.4. The van der Waals surface area contributed by atoms with Crippen molar-refractivity contribution < 1.29 is 19.1 Å². The van der Waals surface area contributed by atoms with Gasteiger partial charge in [0.05, 0.1) is 29.1 Å². The van der Waals surface area contributed by atoms with Gasteiger partial charge in [-0.25, -0.2) is 9.79 Å². The molecule has 2 aliphatic rings. The number of nitriles is 1. The molecule has 3 aromatic rings. The molecule has 8 nitrogen and oxygen atoms in total. The van der Waals surface area contributed by atoms with Gasteiger partial charge in [-0.15, -0.1) is 11.8 Å². The Morgan fingerprint density at radius 2 is 1.95 bits per heavy atom. The minimum absolute atomic E-state index is 0.0415. The van der Waals surface area contributed by atoms with E-state index >= 15 is 0 Å². The average molecular weight is 559 g/mol. The number of anilines is 1. The normalized spacial score (nSPS) is 18.2. The predicted octanol–water partition coefficient (Wildman–Crippen LogP) is 5.45. The second-order valence-electron chi connectivity index (χ2n) is 9.11. The van der Waals surface area contributed by atoms with Crippen LogP contribution in [0.25, 0.3) is 0 Å². The highest BCUT2D eigenvalue weighted by atomic mass is 35.5. The van der Waals surface area contributed by atoms with Gasteiger partial charge in [0, 0.05) is 15.6 Å². The summed E-state index contributed by atoms with van der Waals surface area (Å²) in [7, 11) is 0. The van der Waals surface area contributed by atoms with Crippen molar-refractivity contribution in [1.29, 1.82) is 5.26 Å². The van der Waals surface area contributed by atoms with Gasteiger partial charge < -0.3 is 15.4 Å². The number of benzene rings is 3. The molecular formula is C29H23ClN4O4S. The van der Waals surface area contributed by atoms with E-state index in [1.54, 1.807) is 36.4 Å². The first-order valence-electron chi connectivity index (χ1n) is 12.2. The third kappa shape index (κ3) is 6.14. The van der Waals surface area contributed by atoms with E-state index in [0.29, 0.717) is 51.7 Å². The van der Waals surface area contributed by atoms with E-state index in [1.807, 2.05) is 30.3 Å².